The summed E-state index contributed by atoms with van der Waals surface area (Å²) in [6, 6.07) is 9.77. The van der Waals surface area contributed by atoms with Gasteiger partial charge in [-0.25, -0.2) is 4.98 Å². The molecule has 0 unspecified atom stereocenters. The van der Waals surface area contributed by atoms with Crippen LogP contribution in [0.3, 0.4) is 0 Å². The first-order valence-corrected chi connectivity index (χ1v) is 8.55. The van der Waals surface area contributed by atoms with Crippen molar-refractivity contribution in [2.45, 2.75) is 13.0 Å². The molecule has 3 heterocycles. The molecule has 1 aliphatic rings. The van der Waals surface area contributed by atoms with Crippen LogP contribution in [0.2, 0.25) is 0 Å². The van der Waals surface area contributed by atoms with Crippen molar-refractivity contribution < 1.29 is 9.53 Å². The first kappa shape index (κ1) is 16.2. The Morgan fingerprint density at radius 3 is 3.04 bits per heavy atom. The number of fused-ring (bicyclic) bond motifs is 2. The van der Waals surface area contributed by atoms with Crippen LogP contribution in [0.25, 0.3) is 5.65 Å². The summed E-state index contributed by atoms with van der Waals surface area (Å²) in [7, 11) is 1.81. The summed E-state index contributed by atoms with van der Waals surface area (Å²) in [5.41, 5.74) is 2.01. The van der Waals surface area contributed by atoms with E-state index in [2.05, 4.69) is 26.0 Å². The second-order valence-corrected chi connectivity index (χ2v) is 5.99. The van der Waals surface area contributed by atoms with Gasteiger partial charge in [-0.3, -0.25) is 4.79 Å². The maximum atomic E-state index is 12.5. The second-order valence-electron chi connectivity index (χ2n) is 5.99. The number of hydrogen-bond donors (Lipinski definition) is 3. The molecule has 0 radical (unpaired) electrons. The molecular weight excluding hydrogens is 332 g/mol. The molecule has 4 rings (SSSR count). The van der Waals surface area contributed by atoms with Crippen molar-refractivity contribution in [1.82, 2.24) is 19.9 Å². The van der Waals surface area contributed by atoms with Gasteiger partial charge in [-0.15, -0.1) is 0 Å². The summed E-state index contributed by atoms with van der Waals surface area (Å²) < 4.78 is 7.50. The first-order valence-electron chi connectivity index (χ1n) is 8.55. The van der Waals surface area contributed by atoms with E-state index < -0.39 is 0 Å². The molecule has 134 valence electrons. The quantitative estimate of drug-likeness (QED) is 0.619. The van der Waals surface area contributed by atoms with Gasteiger partial charge in [0.05, 0.1) is 12.8 Å². The molecule has 8 nitrogen and oxygen atoms in total. The third kappa shape index (κ3) is 3.01. The summed E-state index contributed by atoms with van der Waals surface area (Å²) in [6.45, 7) is 1.63. The van der Waals surface area contributed by atoms with E-state index in [0.717, 1.165) is 17.1 Å². The third-order valence-corrected chi connectivity index (χ3v) is 4.27. The molecule has 3 aromatic rings. The van der Waals surface area contributed by atoms with Gasteiger partial charge in [0.2, 0.25) is 0 Å². The summed E-state index contributed by atoms with van der Waals surface area (Å²) in [5, 5.41) is 13.6. The van der Waals surface area contributed by atoms with Crippen LogP contribution >= 0.6 is 0 Å². The van der Waals surface area contributed by atoms with Gasteiger partial charge in [0, 0.05) is 31.8 Å². The van der Waals surface area contributed by atoms with Gasteiger partial charge in [-0.05, 0) is 12.5 Å². The number of amides is 1. The van der Waals surface area contributed by atoms with Crippen LogP contribution in [0.4, 0.5) is 11.6 Å². The predicted octanol–water partition coefficient (Wildman–Crippen LogP) is 1.90. The third-order valence-electron chi connectivity index (χ3n) is 4.27. The minimum atomic E-state index is -0.191. The average Bonchev–Trinajstić information content (AvgIpc) is 3.09. The lowest BCUT2D eigenvalue weighted by Crippen LogP contribution is -2.26. The number of carbonyl (C=O) groups is 1. The number of para-hydroxylation sites is 1. The minimum Gasteiger partial charge on any atom is -0.493 e. The normalized spacial score (nSPS) is 14.7. The van der Waals surface area contributed by atoms with Crippen LogP contribution < -0.4 is 20.7 Å². The Labute approximate surface area is 150 Å². The van der Waals surface area contributed by atoms with Gasteiger partial charge in [0.15, 0.2) is 5.65 Å². The highest BCUT2D eigenvalue weighted by atomic mass is 16.5. The van der Waals surface area contributed by atoms with Crippen molar-refractivity contribution in [1.29, 1.82) is 0 Å². The van der Waals surface area contributed by atoms with Crippen LogP contribution in [0, 0.1) is 0 Å². The topological polar surface area (TPSA) is 92.6 Å². The van der Waals surface area contributed by atoms with E-state index in [4.69, 9.17) is 4.74 Å². The number of carbonyl (C=O) groups excluding carboxylic acids is 1. The Morgan fingerprint density at radius 1 is 1.27 bits per heavy atom. The van der Waals surface area contributed by atoms with E-state index in [0.29, 0.717) is 43.1 Å². The Balaban J connectivity index is 1.77. The number of nitrogens with one attached hydrogen (secondary N) is 3. The van der Waals surface area contributed by atoms with Crippen molar-refractivity contribution in [3.05, 3.63) is 47.7 Å². The molecule has 0 saturated heterocycles. The predicted molar refractivity (Wildman–Crippen MR) is 98.7 cm³/mol. The number of anilines is 2. The van der Waals surface area contributed by atoms with Crippen molar-refractivity contribution >= 4 is 23.2 Å². The van der Waals surface area contributed by atoms with E-state index in [9.17, 15) is 4.79 Å². The van der Waals surface area contributed by atoms with E-state index in [1.165, 1.54) is 0 Å². The Hall–Kier alpha value is -3.29. The molecule has 0 atom stereocenters. The molecule has 2 bridgehead atoms. The second kappa shape index (κ2) is 6.91. The van der Waals surface area contributed by atoms with Crippen molar-refractivity contribution in [2.75, 3.05) is 30.8 Å². The average molecular weight is 352 g/mol. The number of ether oxygens (including phenoxy) is 1. The van der Waals surface area contributed by atoms with Crippen molar-refractivity contribution in [2.24, 2.45) is 0 Å². The number of aromatic nitrogens is 3. The molecule has 1 amide bonds. The Morgan fingerprint density at radius 2 is 2.15 bits per heavy atom. The van der Waals surface area contributed by atoms with E-state index in [-0.39, 0.29) is 5.91 Å². The Bertz CT molecular complexity index is 952. The molecule has 2 aromatic heterocycles. The van der Waals surface area contributed by atoms with Crippen LogP contribution in [0.1, 0.15) is 22.3 Å². The minimum absolute atomic E-state index is 0.191. The highest BCUT2D eigenvalue weighted by Gasteiger charge is 2.17. The lowest BCUT2D eigenvalue weighted by Gasteiger charge is -2.14. The zero-order valence-corrected chi connectivity index (χ0v) is 14.5. The van der Waals surface area contributed by atoms with E-state index in [1.807, 2.05) is 30.3 Å². The Kier molecular flexibility index (Phi) is 4.30. The van der Waals surface area contributed by atoms with Crippen LogP contribution in [0.5, 0.6) is 5.75 Å². The smallest absolute Gasteiger partial charge is 0.256 e. The number of rotatable bonds is 1. The van der Waals surface area contributed by atoms with Gasteiger partial charge in [0.1, 0.15) is 22.9 Å². The monoisotopic (exact) mass is 352 g/mol. The zero-order valence-electron chi connectivity index (χ0n) is 14.5. The molecule has 0 aliphatic carbocycles. The van der Waals surface area contributed by atoms with Gasteiger partial charge >= 0.3 is 0 Å². The summed E-state index contributed by atoms with van der Waals surface area (Å²) in [6.07, 6.45) is 2.26. The molecule has 8 heteroatoms. The van der Waals surface area contributed by atoms with Crippen LogP contribution in [-0.2, 0) is 6.54 Å². The molecule has 26 heavy (non-hydrogen) atoms. The molecule has 0 spiro atoms. The molecular formula is C18H20N6O2. The fraction of sp³-hybridized carbons (Fsp3) is 0.278. The molecule has 3 N–H and O–H groups in total. The lowest BCUT2D eigenvalue weighted by atomic mass is 10.2. The highest BCUT2D eigenvalue weighted by molar-refractivity contribution is 6.00. The van der Waals surface area contributed by atoms with E-state index in [1.54, 1.807) is 17.8 Å². The summed E-state index contributed by atoms with van der Waals surface area (Å²) >= 11 is 0. The van der Waals surface area contributed by atoms with Gasteiger partial charge < -0.3 is 20.7 Å². The fourth-order valence-electron chi connectivity index (χ4n) is 2.92. The number of nitrogens with zero attached hydrogens (tertiary/aromatic N) is 3. The zero-order chi connectivity index (χ0) is 17.9. The summed E-state index contributed by atoms with van der Waals surface area (Å²) in [5.74, 6) is 2.05. The maximum Gasteiger partial charge on any atom is 0.256 e. The molecule has 1 aromatic carbocycles. The van der Waals surface area contributed by atoms with Crippen molar-refractivity contribution in [3.63, 3.8) is 0 Å². The van der Waals surface area contributed by atoms with E-state index >= 15 is 0 Å². The lowest BCUT2D eigenvalue weighted by molar-refractivity contribution is 0.0953. The summed E-state index contributed by atoms with van der Waals surface area (Å²) in [4.78, 5) is 17.1. The molecule has 0 saturated carbocycles. The van der Waals surface area contributed by atoms with Gasteiger partial charge in [-0.1, -0.05) is 18.2 Å². The van der Waals surface area contributed by atoms with Gasteiger partial charge in [-0.2, -0.15) is 9.61 Å². The standard InChI is InChI=1S/C18H20N6O2/c1-19-16-9-15-21-10-12-5-2-3-6-14(12)26-8-4-7-20-18(25)13-11-22-24(16)17(13)23-15/h2-3,5-6,9,11,19H,4,7-8,10H2,1H3,(H,20,25)(H,21,23). The molecule has 0 fully saturated rings. The van der Waals surface area contributed by atoms with Gasteiger partial charge in [0.25, 0.3) is 5.91 Å². The highest BCUT2D eigenvalue weighted by Crippen LogP contribution is 2.22. The SMILES string of the molecule is CNc1cc2nc3c(cnn13)C(=O)NCCCOc1ccccc1CN2. The number of benzene rings is 1. The maximum absolute atomic E-state index is 12.5. The number of hydrogen-bond acceptors (Lipinski definition) is 6. The van der Waals surface area contributed by atoms with Crippen LogP contribution in [-0.4, -0.2) is 40.7 Å². The molecule has 1 aliphatic heterocycles. The van der Waals surface area contributed by atoms with Crippen molar-refractivity contribution in [3.8, 4) is 5.75 Å². The largest absolute Gasteiger partial charge is 0.493 e. The first-order chi connectivity index (χ1) is 12.8. The fourth-order valence-corrected chi connectivity index (χ4v) is 2.92. The van der Waals surface area contributed by atoms with Crippen LogP contribution in [0.15, 0.2) is 36.5 Å².